The molecule has 1 aliphatic rings. The van der Waals surface area contributed by atoms with Gasteiger partial charge < -0.3 is 0 Å². The quantitative estimate of drug-likeness (QED) is 0.444. The molecule has 138 valence electrons. The first-order chi connectivity index (χ1) is 13.7. The van der Waals surface area contributed by atoms with Crippen molar-refractivity contribution in [2.24, 2.45) is 0 Å². The molecule has 0 unspecified atom stereocenters. The van der Waals surface area contributed by atoms with E-state index in [4.69, 9.17) is 4.98 Å². The Bertz CT molecular complexity index is 1090. The van der Waals surface area contributed by atoms with Gasteiger partial charge in [-0.05, 0) is 42.5 Å². The number of hydrogen-bond acceptors (Lipinski definition) is 4. The van der Waals surface area contributed by atoms with E-state index < -0.39 is 5.82 Å². The maximum atomic E-state index is 13.9. The summed E-state index contributed by atoms with van der Waals surface area (Å²) in [6.07, 6.45) is 2.74. The lowest BCUT2D eigenvalue weighted by molar-refractivity contribution is 0.101. The van der Waals surface area contributed by atoms with Gasteiger partial charge in [-0.25, -0.2) is 9.37 Å². The molecule has 0 saturated carbocycles. The Balaban J connectivity index is 1.70. The van der Waals surface area contributed by atoms with Crippen molar-refractivity contribution >= 4 is 17.5 Å². The first-order valence-corrected chi connectivity index (χ1v) is 10.1. The number of ketones is 1. The van der Waals surface area contributed by atoms with Crippen LogP contribution in [0.25, 0.3) is 11.3 Å². The second-order valence-corrected chi connectivity index (χ2v) is 7.58. The average Bonchev–Trinajstić information content (AvgIpc) is 3.21. The fourth-order valence-corrected chi connectivity index (χ4v) is 4.48. The summed E-state index contributed by atoms with van der Waals surface area (Å²) >= 11 is 1.21. The lowest BCUT2D eigenvalue weighted by Crippen LogP contribution is -2.07. The Labute approximate surface area is 167 Å². The Morgan fingerprint density at radius 1 is 1.07 bits per heavy atom. The third-order valence-electron chi connectivity index (χ3n) is 4.91. The highest BCUT2D eigenvalue weighted by Gasteiger charge is 2.25. The monoisotopic (exact) mass is 388 g/mol. The zero-order chi connectivity index (χ0) is 19.5. The molecule has 1 aromatic heterocycles. The van der Waals surface area contributed by atoms with Gasteiger partial charge in [0, 0.05) is 5.56 Å². The predicted octanol–water partition coefficient (Wildman–Crippen LogP) is 5.22. The maximum absolute atomic E-state index is 13.9. The summed E-state index contributed by atoms with van der Waals surface area (Å²) < 4.78 is 13.9. The van der Waals surface area contributed by atoms with Crippen LogP contribution in [0.5, 0.6) is 0 Å². The van der Waals surface area contributed by atoms with Gasteiger partial charge in [-0.2, -0.15) is 5.26 Å². The number of carbonyl (C=O) groups is 1. The zero-order valence-corrected chi connectivity index (χ0v) is 15.9. The van der Waals surface area contributed by atoms with E-state index in [2.05, 4.69) is 6.07 Å². The second-order valence-electron chi connectivity index (χ2n) is 6.62. The minimum Gasteiger partial charge on any atom is -0.293 e. The molecule has 0 N–H and O–H groups in total. The third kappa shape index (κ3) is 3.44. The Kier molecular flexibility index (Phi) is 5.23. The first kappa shape index (κ1) is 18.4. The van der Waals surface area contributed by atoms with Gasteiger partial charge in [-0.1, -0.05) is 54.2 Å². The van der Waals surface area contributed by atoms with Crippen molar-refractivity contribution < 1.29 is 9.18 Å². The zero-order valence-electron chi connectivity index (χ0n) is 15.1. The van der Waals surface area contributed by atoms with Crippen LogP contribution in [0.3, 0.4) is 0 Å². The van der Waals surface area contributed by atoms with E-state index in [1.54, 1.807) is 12.1 Å². The van der Waals surface area contributed by atoms with Gasteiger partial charge in [0.05, 0.1) is 22.6 Å². The molecule has 0 aliphatic heterocycles. The molecule has 3 nitrogen and oxygen atoms in total. The van der Waals surface area contributed by atoms with E-state index in [-0.39, 0.29) is 17.1 Å². The van der Waals surface area contributed by atoms with Gasteiger partial charge in [-0.15, -0.1) is 0 Å². The number of hydrogen-bond donors (Lipinski definition) is 0. The number of aromatic nitrogens is 1. The van der Waals surface area contributed by atoms with Crippen molar-refractivity contribution in [3.63, 3.8) is 0 Å². The molecule has 1 aliphatic carbocycles. The smallest absolute Gasteiger partial charge is 0.176 e. The maximum Gasteiger partial charge on any atom is 0.176 e. The van der Waals surface area contributed by atoms with Crippen LogP contribution in [-0.4, -0.2) is 16.5 Å². The fourth-order valence-electron chi connectivity index (χ4n) is 3.59. The summed E-state index contributed by atoms with van der Waals surface area (Å²) in [5.41, 5.74) is 4.68. The van der Waals surface area contributed by atoms with Crippen molar-refractivity contribution in [2.75, 3.05) is 5.75 Å². The third-order valence-corrected chi connectivity index (χ3v) is 5.88. The van der Waals surface area contributed by atoms with Gasteiger partial charge in [0.15, 0.2) is 5.78 Å². The standard InChI is InChI=1S/C23H17FN2OS/c24-20-12-5-4-9-18(20)21(27)14-28-23-19(13-25)16-10-6-11-17(16)22(26-23)15-7-2-1-3-8-15/h1-5,7-9,12H,6,10-11,14H2. The Morgan fingerprint density at radius 3 is 2.54 bits per heavy atom. The lowest BCUT2D eigenvalue weighted by Gasteiger charge is -2.13. The summed E-state index contributed by atoms with van der Waals surface area (Å²) in [6, 6.07) is 18.1. The molecule has 0 bridgehead atoms. The van der Waals surface area contributed by atoms with Crippen LogP contribution in [-0.2, 0) is 12.8 Å². The van der Waals surface area contributed by atoms with Gasteiger partial charge >= 0.3 is 0 Å². The van der Waals surface area contributed by atoms with Crippen LogP contribution in [0.1, 0.15) is 33.5 Å². The normalized spacial score (nSPS) is 12.4. The highest BCUT2D eigenvalue weighted by molar-refractivity contribution is 8.00. The molecule has 28 heavy (non-hydrogen) atoms. The molecule has 3 aromatic rings. The summed E-state index contributed by atoms with van der Waals surface area (Å²) in [4.78, 5) is 17.2. The summed E-state index contributed by atoms with van der Waals surface area (Å²) in [7, 11) is 0. The highest BCUT2D eigenvalue weighted by Crippen LogP contribution is 2.37. The van der Waals surface area contributed by atoms with Crippen LogP contribution in [0, 0.1) is 17.1 Å². The minimum absolute atomic E-state index is 0.0373. The average molecular weight is 388 g/mol. The van der Waals surface area contributed by atoms with Gasteiger partial charge in [0.25, 0.3) is 0 Å². The van der Waals surface area contributed by atoms with Crippen LogP contribution in [0.2, 0.25) is 0 Å². The van der Waals surface area contributed by atoms with E-state index in [0.29, 0.717) is 10.6 Å². The van der Waals surface area contributed by atoms with Gasteiger partial charge in [0.1, 0.15) is 16.9 Å². The van der Waals surface area contributed by atoms with E-state index in [1.807, 2.05) is 30.3 Å². The number of halogens is 1. The molecule has 0 radical (unpaired) electrons. The SMILES string of the molecule is N#Cc1c(SCC(=O)c2ccccc2F)nc(-c2ccccc2)c2c1CCC2. The summed E-state index contributed by atoms with van der Waals surface area (Å²) in [5.74, 6) is -0.800. The molecule has 0 saturated heterocycles. The number of benzene rings is 2. The van der Waals surface area contributed by atoms with Gasteiger partial charge in [0.2, 0.25) is 0 Å². The molecule has 5 heteroatoms. The van der Waals surface area contributed by atoms with Crippen LogP contribution in [0.15, 0.2) is 59.6 Å². The Morgan fingerprint density at radius 2 is 1.79 bits per heavy atom. The number of fused-ring (bicyclic) bond motifs is 1. The first-order valence-electron chi connectivity index (χ1n) is 9.11. The number of pyridine rings is 1. The van der Waals surface area contributed by atoms with E-state index in [0.717, 1.165) is 41.6 Å². The number of thioether (sulfide) groups is 1. The van der Waals surface area contributed by atoms with Crippen molar-refractivity contribution in [3.05, 3.63) is 82.7 Å². The Hall–Kier alpha value is -2.97. The molecule has 0 atom stereocenters. The highest BCUT2D eigenvalue weighted by atomic mass is 32.2. The fraction of sp³-hybridized carbons (Fsp3) is 0.174. The van der Waals surface area contributed by atoms with Gasteiger partial charge in [-0.3, -0.25) is 4.79 Å². The van der Waals surface area contributed by atoms with Crippen molar-refractivity contribution in [1.82, 2.24) is 4.98 Å². The number of carbonyl (C=O) groups excluding carboxylic acids is 1. The molecule has 0 spiro atoms. The molecule has 0 fully saturated rings. The van der Waals surface area contributed by atoms with E-state index in [9.17, 15) is 14.4 Å². The minimum atomic E-state index is -0.527. The number of rotatable bonds is 5. The second kappa shape index (κ2) is 7.95. The lowest BCUT2D eigenvalue weighted by atomic mass is 10.00. The number of Topliss-reactive ketones (excluding diaryl/α,β-unsaturated/α-hetero) is 1. The summed E-state index contributed by atoms with van der Waals surface area (Å²) in [6.45, 7) is 0. The van der Waals surface area contributed by atoms with E-state index in [1.165, 1.54) is 23.9 Å². The number of nitriles is 1. The molecular weight excluding hydrogens is 371 g/mol. The summed E-state index contributed by atoms with van der Waals surface area (Å²) in [5, 5.41) is 10.3. The topological polar surface area (TPSA) is 53.8 Å². The molecular formula is C23H17FN2OS. The van der Waals surface area contributed by atoms with Crippen molar-refractivity contribution in [3.8, 4) is 17.3 Å². The number of nitrogens with zero attached hydrogens (tertiary/aromatic N) is 2. The van der Waals surface area contributed by atoms with E-state index >= 15 is 0 Å². The largest absolute Gasteiger partial charge is 0.293 e. The van der Waals surface area contributed by atoms with Crippen molar-refractivity contribution in [1.29, 1.82) is 5.26 Å². The molecule has 0 amide bonds. The van der Waals surface area contributed by atoms with Crippen LogP contribution < -0.4 is 0 Å². The van der Waals surface area contributed by atoms with Crippen LogP contribution >= 0.6 is 11.8 Å². The predicted molar refractivity (Wildman–Crippen MR) is 108 cm³/mol. The van der Waals surface area contributed by atoms with Crippen LogP contribution in [0.4, 0.5) is 4.39 Å². The molecule has 4 rings (SSSR count). The molecule has 1 heterocycles. The molecule has 2 aromatic carbocycles. The van der Waals surface area contributed by atoms with Crippen molar-refractivity contribution in [2.45, 2.75) is 24.3 Å².